The fourth-order valence-corrected chi connectivity index (χ4v) is 4.53. The van der Waals surface area contributed by atoms with Crippen LogP contribution in [-0.2, 0) is 4.79 Å². The van der Waals surface area contributed by atoms with E-state index in [9.17, 15) is 25.0 Å². The molecule has 4 atom stereocenters. The number of nitro groups is 2. The Hall–Kier alpha value is -3.13. The Morgan fingerprint density at radius 3 is 1.71 bits per heavy atom. The van der Waals surface area contributed by atoms with Crippen molar-refractivity contribution in [2.45, 2.75) is 31.3 Å². The number of carbonyl (C=O) groups is 1. The molecule has 0 spiro atoms. The quantitative estimate of drug-likeness (QED) is 0.635. The topological polar surface area (TPSA) is 115 Å². The van der Waals surface area contributed by atoms with Crippen molar-refractivity contribution in [3.05, 3.63) is 79.9 Å². The smallest absolute Gasteiger partial charge is 0.269 e. The fourth-order valence-electron chi connectivity index (χ4n) is 4.53. The Kier molecular flexibility index (Phi) is 4.64. The van der Waals surface area contributed by atoms with Gasteiger partial charge in [0.25, 0.3) is 11.4 Å². The van der Waals surface area contributed by atoms with Crippen molar-refractivity contribution in [3.63, 3.8) is 0 Å². The van der Waals surface area contributed by atoms with E-state index in [2.05, 4.69) is 5.32 Å². The molecule has 2 aromatic carbocycles. The van der Waals surface area contributed by atoms with Gasteiger partial charge in [-0.3, -0.25) is 25.0 Å². The predicted molar refractivity (Wildman–Crippen MR) is 101 cm³/mol. The van der Waals surface area contributed by atoms with Crippen LogP contribution in [0.25, 0.3) is 0 Å². The van der Waals surface area contributed by atoms with Crippen molar-refractivity contribution < 1.29 is 14.6 Å². The van der Waals surface area contributed by atoms with Gasteiger partial charge in [0.05, 0.1) is 9.85 Å². The molecular formula is C20H19N3O5. The highest BCUT2D eigenvalue weighted by Gasteiger charge is 2.46. The molecule has 1 saturated heterocycles. The molecule has 2 fully saturated rings. The van der Waals surface area contributed by atoms with Gasteiger partial charge in [0.2, 0.25) is 0 Å². The minimum Gasteiger partial charge on any atom is -0.302 e. The van der Waals surface area contributed by atoms with Crippen LogP contribution in [0.1, 0.15) is 42.5 Å². The normalized spacial score (nSPS) is 26.6. The third-order valence-electron chi connectivity index (χ3n) is 5.81. The van der Waals surface area contributed by atoms with E-state index in [1.54, 1.807) is 24.3 Å². The van der Waals surface area contributed by atoms with Crippen LogP contribution in [0.2, 0.25) is 0 Å². The summed E-state index contributed by atoms with van der Waals surface area (Å²) in [5.74, 6) is -0.343. The molecule has 1 saturated carbocycles. The van der Waals surface area contributed by atoms with Gasteiger partial charge < -0.3 is 5.32 Å². The summed E-state index contributed by atoms with van der Waals surface area (Å²) in [4.78, 5) is 34.5. The molecule has 1 N–H and O–H groups in total. The van der Waals surface area contributed by atoms with E-state index >= 15 is 0 Å². The molecule has 28 heavy (non-hydrogen) atoms. The molecule has 8 nitrogen and oxygen atoms in total. The number of nitro benzene ring substituents is 2. The number of nitrogens with one attached hydrogen (secondary N) is 1. The van der Waals surface area contributed by atoms with Gasteiger partial charge in [0, 0.05) is 48.2 Å². The minimum absolute atomic E-state index is 0.0171. The van der Waals surface area contributed by atoms with E-state index in [-0.39, 0.29) is 41.1 Å². The second-order valence-electron chi connectivity index (χ2n) is 7.37. The van der Waals surface area contributed by atoms with Crippen LogP contribution in [-0.4, -0.2) is 15.6 Å². The molecule has 2 aromatic rings. The molecule has 0 amide bonds. The lowest BCUT2D eigenvalue weighted by Gasteiger charge is -2.45. The zero-order valence-corrected chi connectivity index (χ0v) is 15.0. The maximum absolute atomic E-state index is 13.1. The highest BCUT2D eigenvalue weighted by Crippen LogP contribution is 2.46. The van der Waals surface area contributed by atoms with Gasteiger partial charge in [-0.15, -0.1) is 0 Å². The predicted octanol–water partition coefficient (Wildman–Crippen LogP) is 3.87. The fraction of sp³-hybridized carbons (Fsp3) is 0.350. The number of benzene rings is 2. The lowest BCUT2D eigenvalue weighted by Crippen LogP contribution is -2.50. The van der Waals surface area contributed by atoms with Crippen LogP contribution in [0, 0.1) is 32.1 Å². The number of ketones is 1. The monoisotopic (exact) mass is 381 g/mol. The summed E-state index contributed by atoms with van der Waals surface area (Å²) in [5.41, 5.74) is 1.36. The standard InChI is InChI=1S/C20H19N3O5/c24-20-16-8-3-9-17(20)19(13-5-2-7-15(11-13)23(27)28)21-18(16)12-4-1-6-14(10-12)22(25)26/h1-2,4-7,10-11,16-19,21H,3,8-9H2/t16?,17?,18-,19+. The van der Waals surface area contributed by atoms with Gasteiger partial charge >= 0.3 is 0 Å². The number of rotatable bonds is 4. The first-order valence-electron chi connectivity index (χ1n) is 9.24. The Balaban J connectivity index is 1.74. The Morgan fingerprint density at radius 1 is 0.821 bits per heavy atom. The summed E-state index contributed by atoms with van der Waals surface area (Å²) >= 11 is 0. The van der Waals surface area contributed by atoms with Crippen molar-refractivity contribution >= 4 is 17.2 Å². The summed E-state index contributed by atoms with van der Waals surface area (Å²) in [6, 6.07) is 12.0. The maximum atomic E-state index is 13.1. The highest BCUT2D eigenvalue weighted by atomic mass is 16.6. The second kappa shape index (κ2) is 7.12. The zero-order chi connectivity index (χ0) is 19.8. The average Bonchev–Trinajstić information content (AvgIpc) is 2.68. The van der Waals surface area contributed by atoms with Crippen molar-refractivity contribution in [3.8, 4) is 0 Å². The van der Waals surface area contributed by atoms with Gasteiger partial charge in [-0.05, 0) is 24.0 Å². The largest absolute Gasteiger partial charge is 0.302 e. The van der Waals surface area contributed by atoms with E-state index < -0.39 is 9.85 Å². The molecule has 4 rings (SSSR count). The molecule has 2 aliphatic rings. The summed E-state index contributed by atoms with van der Waals surface area (Å²) in [6.45, 7) is 0. The number of nitrogens with zero attached hydrogens (tertiary/aromatic N) is 2. The molecular weight excluding hydrogens is 362 g/mol. The third-order valence-corrected chi connectivity index (χ3v) is 5.81. The molecule has 8 heteroatoms. The van der Waals surface area contributed by atoms with Gasteiger partial charge in [-0.2, -0.15) is 0 Å². The van der Waals surface area contributed by atoms with E-state index in [1.165, 1.54) is 24.3 Å². The Labute approximate surface area is 160 Å². The van der Waals surface area contributed by atoms with Gasteiger partial charge in [-0.1, -0.05) is 30.7 Å². The first-order valence-corrected chi connectivity index (χ1v) is 9.24. The number of piperidine rings is 1. The summed E-state index contributed by atoms with van der Waals surface area (Å²) in [7, 11) is 0. The summed E-state index contributed by atoms with van der Waals surface area (Å²) in [5, 5.41) is 25.8. The number of hydrogen-bond donors (Lipinski definition) is 1. The van der Waals surface area contributed by atoms with Crippen molar-refractivity contribution in [2.24, 2.45) is 11.8 Å². The van der Waals surface area contributed by atoms with E-state index in [1.807, 2.05) is 0 Å². The summed E-state index contributed by atoms with van der Waals surface area (Å²) in [6.07, 6.45) is 2.36. The van der Waals surface area contributed by atoms with Crippen LogP contribution in [0.15, 0.2) is 48.5 Å². The van der Waals surface area contributed by atoms with Gasteiger partial charge in [0.15, 0.2) is 0 Å². The van der Waals surface area contributed by atoms with Crippen LogP contribution in [0.3, 0.4) is 0 Å². The molecule has 0 radical (unpaired) electrons. The first kappa shape index (κ1) is 18.2. The van der Waals surface area contributed by atoms with Crippen LogP contribution in [0.4, 0.5) is 11.4 Å². The summed E-state index contributed by atoms with van der Waals surface area (Å²) < 4.78 is 0. The molecule has 2 unspecified atom stereocenters. The Morgan fingerprint density at radius 2 is 1.29 bits per heavy atom. The van der Waals surface area contributed by atoms with Crippen LogP contribution >= 0.6 is 0 Å². The van der Waals surface area contributed by atoms with Crippen LogP contribution in [0.5, 0.6) is 0 Å². The molecule has 0 aromatic heterocycles. The zero-order valence-electron chi connectivity index (χ0n) is 15.0. The average molecular weight is 381 g/mol. The first-order chi connectivity index (χ1) is 13.5. The van der Waals surface area contributed by atoms with Gasteiger partial charge in [-0.25, -0.2) is 0 Å². The SMILES string of the molecule is O=C1C2CCCC1[C@H](c1cccc([N+](=O)[O-])c1)N[C@@H]2c1cccc([N+](=O)[O-])c1. The number of Topliss-reactive ketones (excluding diaryl/α,β-unsaturated/α-hetero) is 1. The molecule has 144 valence electrons. The van der Waals surface area contributed by atoms with Gasteiger partial charge in [0.1, 0.15) is 5.78 Å². The number of carbonyl (C=O) groups excluding carboxylic acids is 1. The maximum Gasteiger partial charge on any atom is 0.269 e. The molecule has 1 heterocycles. The van der Waals surface area contributed by atoms with E-state index in [0.29, 0.717) is 11.1 Å². The number of hydrogen-bond acceptors (Lipinski definition) is 6. The highest BCUT2D eigenvalue weighted by molar-refractivity contribution is 5.87. The second-order valence-corrected chi connectivity index (χ2v) is 7.37. The minimum atomic E-state index is -0.449. The Bertz CT molecular complexity index is 887. The lowest BCUT2D eigenvalue weighted by molar-refractivity contribution is -0.385. The van der Waals surface area contributed by atoms with E-state index in [4.69, 9.17) is 0 Å². The molecule has 2 bridgehead atoms. The van der Waals surface area contributed by atoms with Crippen LogP contribution < -0.4 is 5.32 Å². The van der Waals surface area contributed by atoms with Crippen molar-refractivity contribution in [1.82, 2.24) is 5.32 Å². The molecule has 1 aliphatic carbocycles. The van der Waals surface area contributed by atoms with Crippen molar-refractivity contribution in [1.29, 1.82) is 0 Å². The number of fused-ring (bicyclic) bond motifs is 2. The molecule has 1 aliphatic heterocycles. The van der Waals surface area contributed by atoms with E-state index in [0.717, 1.165) is 19.3 Å². The van der Waals surface area contributed by atoms with Crippen molar-refractivity contribution in [2.75, 3.05) is 0 Å². The lowest BCUT2D eigenvalue weighted by atomic mass is 9.67. The third kappa shape index (κ3) is 3.16. The number of non-ortho nitro benzene ring substituents is 2.